The molecule has 2 aromatic rings. The maximum Gasteiger partial charge on any atom is 0.134 e. The Balaban J connectivity index is 1.79. The van der Waals surface area contributed by atoms with E-state index >= 15 is 0 Å². The van der Waals surface area contributed by atoms with Gasteiger partial charge in [0.05, 0.1) is 6.04 Å². The van der Waals surface area contributed by atoms with Crippen LogP contribution in [-0.4, -0.2) is 17.5 Å². The summed E-state index contributed by atoms with van der Waals surface area (Å²) >= 11 is 2.01. The van der Waals surface area contributed by atoms with Crippen molar-refractivity contribution >= 4 is 22.7 Å². The molecule has 3 atom stereocenters. The molecule has 1 heterocycles. The maximum atomic E-state index is 6.15. The zero-order valence-electron chi connectivity index (χ0n) is 13.2. The molecule has 1 aliphatic carbocycles. The van der Waals surface area contributed by atoms with E-state index in [-0.39, 0.29) is 6.04 Å². The Kier molecular flexibility index (Phi) is 4.60. The van der Waals surface area contributed by atoms with Crippen LogP contribution in [0.3, 0.4) is 0 Å². The number of aryl methyl sites for hydroxylation is 1. The molecule has 1 aromatic heterocycles. The molecule has 2 nitrogen and oxygen atoms in total. The van der Waals surface area contributed by atoms with Crippen molar-refractivity contribution in [2.45, 2.75) is 56.9 Å². The number of furan rings is 1. The van der Waals surface area contributed by atoms with Crippen molar-refractivity contribution < 1.29 is 4.42 Å². The first-order valence-electron chi connectivity index (χ1n) is 8.02. The van der Waals surface area contributed by atoms with Gasteiger partial charge in [-0.25, -0.2) is 0 Å². The highest BCUT2D eigenvalue weighted by atomic mass is 32.2. The molecule has 114 valence electrons. The van der Waals surface area contributed by atoms with Gasteiger partial charge in [-0.15, -0.1) is 0 Å². The standard InChI is InChI=1S/C18H25NOS/c1-4-15-16-7-5-6-8-17(16)20-18(15)12(2)19-13-9-10-14(11-13)21-3/h5-8,12-14,19H,4,9-11H2,1-3H3. The number of hydrogen-bond acceptors (Lipinski definition) is 3. The average Bonchev–Trinajstić information content (AvgIpc) is 3.10. The van der Waals surface area contributed by atoms with Crippen LogP contribution >= 0.6 is 11.8 Å². The quantitative estimate of drug-likeness (QED) is 0.848. The molecule has 3 unspecified atom stereocenters. The topological polar surface area (TPSA) is 25.2 Å². The second kappa shape index (κ2) is 6.45. The fourth-order valence-corrected chi connectivity index (χ4v) is 4.36. The first kappa shape index (κ1) is 15.0. The van der Waals surface area contributed by atoms with E-state index in [0.29, 0.717) is 6.04 Å². The van der Waals surface area contributed by atoms with Crippen molar-refractivity contribution in [1.29, 1.82) is 0 Å². The van der Waals surface area contributed by atoms with Gasteiger partial charge in [-0.3, -0.25) is 0 Å². The Morgan fingerprint density at radius 1 is 1.33 bits per heavy atom. The van der Waals surface area contributed by atoms with Crippen LogP contribution < -0.4 is 5.32 Å². The highest BCUT2D eigenvalue weighted by Crippen LogP contribution is 2.33. The van der Waals surface area contributed by atoms with Gasteiger partial charge in [-0.05, 0) is 44.9 Å². The molecular formula is C18H25NOS. The number of thioether (sulfide) groups is 1. The second-order valence-corrected chi connectivity index (χ2v) is 7.19. The maximum absolute atomic E-state index is 6.15. The zero-order chi connectivity index (χ0) is 14.8. The number of para-hydroxylation sites is 1. The Morgan fingerprint density at radius 2 is 2.14 bits per heavy atom. The Hall–Kier alpha value is -0.930. The Morgan fingerprint density at radius 3 is 2.86 bits per heavy atom. The van der Waals surface area contributed by atoms with Crippen LogP contribution in [0, 0.1) is 0 Å². The zero-order valence-corrected chi connectivity index (χ0v) is 14.0. The average molecular weight is 303 g/mol. The third-order valence-corrected chi connectivity index (χ3v) is 5.77. The van der Waals surface area contributed by atoms with Crippen molar-refractivity contribution in [2.75, 3.05) is 6.26 Å². The lowest BCUT2D eigenvalue weighted by Gasteiger charge is -2.19. The summed E-state index contributed by atoms with van der Waals surface area (Å²) in [7, 11) is 0. The predicted octanol–water partition coefficient (Wildman–Crippen LogP) is 4.93. The predicted molar refractivity (Wildman–Crippen MR) is 92.1 cm³/mol. The summed E-state index contributed by atoms with van der Waals surface area (Å²) in [5.74, 6) is 1.13. The summed E-state index contributed by atoms with van der Waals surface area (Å²) in [6.45, 7) is 4.45. The minimum Gasteiger partial charge on any atom is -0.459 e. The first-order chi connectivity index (χ1) is 10.2. The molecule has 0 spiro atoms. The number of rotatable bonds is 5. The van der Waals surface area contributed by atoms with Crippen molar-refractivity contribution in [3.8, 4) is 0 Å². The van der Waals surface area contributed by atoms with Gasteiger partial charge in [0, 0.05) is 22.2 Å². The van der Waals surface area contributed by atoms with Crippen LogP contribution in [0.5, 0.6) is 0 Å². The van der Waals surface area contributed by atoms with Crippen molar-refractivity contribution in [2.24, 2.45) is 0 Å². The van der Waals surface area contributed by atoms with Crippen LogP contribution in [0.15, 0.2) is 28.7 Å². The molecule has 0 amide bonds. The summed E-state index contributed by atoms with van der Waals surface area (Å²) in [6.07, 6.45) is 7.17. The van der Waals surface area contributed by atoms with E-state index in [4.69, 9.17) is 4.42 Å². The van der Waals surface area contributed by atoms with Gasteiger partial charge in [-0.1, -0.05) is 25.1 Å². The monoisotopic (exact) mass is 303 g/mol. The molecule has 0 bridgehead atoms. The lowest BCUT2D eigenvalue weighted by Crippen LogP contribution is -2.29. The summed E-state index contributed by atoms with van der Waals surface area (Å²) < 4.78 is 6.15. The molecule has 3 heteroatoms. The lowest BCUT2D eigenvalue weighted by molar-refractivity contribution is 0.398. The molecule has 1 N–H and O–H groups in total. The van der Waals surface area contributed by atoms with Crippen LogP contribution in [0.4, 0.5) is 0 Å². The fraction of sp³-hybridized carbons (Fsp3) is 0.556. The molecule has 0 aliphatic heterocycles. The highest BCUT2D eigenvalue weighted by Gasteiger charge is 2.27. The fourth-order valence-electron chi connectivity index (χ4n) is 3.57. The minimum atomic E-state index is 0.290. The van der Waals surface area contributed by atoms with Crippen molar-refractivity contribution in [3.63, 3.8) is 0 Å². The molecule has 0 saturated heterocycles. The summed E-state index contributed by atoms with van der Waals surface area (Å²) in [4.78, 5) is 0. The van der Waals surface area contributed by atoms with Crippen molar-refractivity contribution in [1.82, 2.24) is 5.32 Å². The number of nitrogens with one attached hydrogen (secondary N) is 1. The largest absolute Gasteiger partial charge is 0.459 e. The van der Waals surface area contributed by atoms with Gasteiger partial charge >= 0.3 is 0 Å². The number of hydrogen-bond donors (Lipinski definition) is 1. The third-order valence-electron chi connectivity index (χ3n) is 4.68. The summed E-state index contributed by atoms with van der Waals surface area (Å²) in [6, 6.07) is 9.32. The molecular weight excluding hydrogens is 278 g/mol. The first-order valence-corrected chi connectivity index (χ1v) is 9.30. The van der Waals surface area contributed by atoms with Crippen molar-refractivity contribution in [3.05, 3.63) is 35.6 Å². The highest BCUT2D eigenvalue weighted by molar-refractivity contribution is 7.99. The molecule has 1 aromatic carbocycles. The van der Waals surface area contributed by atoms with E-state index in [1.165, 1.54) is 30.2 Å². The van der Waals surface area contributed by atoms with E-state index in [1.807, 2.05) is 17.8 Å². The smallest absolute Gasteiger partial charge is 0.134 e. The van der Waals surface area contributed by atoms with Gasteiger partial charge in [0.2, 0.25) is 0 Å². The number of benzene rings is 1. The van der Waals surface area contributed by atoms with Gasteiger partial charge in [0.25, 0.3) is 0 Å². The van der Waals surface area contributed by atoms with Crippen LogP contribution in [0.1, 0.15) is 50.5 Å². The van der Waals surface area contributed by atoms with Crippen LogP contribution in [0.25, 0.3) is 11.0 Å². The lowest BCUT2D eigenvalue weighted by atomic mass is 10.0. The Bertz CT molecular complexity index is 606. The molecule has 1 fully saturated rings. The van der Waals surface area contributed by atoms with E-state index < -0.39 is 0 Å². The van der Waals surface area contributed by atoms with E-state index in [9.17, 15) is 0 Å². The van der Waals surface area contributed by atoms with E-state index in [0.717, 1.165) is 23.0 Å². The summed E-state index contributed by atoms with van der Waals surface area (Å²) in [5, 5.41) is 5.89. The van der Waals surface area contributed by atoms with E-state index in [2.05, 4.69) is 43.6 Å². The second-order valence-electron chi connectivity index (χ2n) is 6.05. The molecule has 0 radical (unpaired) electrons. The molecule has 21 heavy (non-hydrogen) atoms. The summed E-state index contributed by atoms with van der Waals surface area (Å²) in [5.41, 5.74) is 2.39. The van der Waals surface area contributed by atoms with E-state index in [1.54, 1.807) is 0 Å². The van der Waals surface area contributed by atoms with Gasteiger partial charge in [0.1, 0.15) is 11.3 Å². The molecule has 1 aliphatic rings. The third kappa shape index (κ3) is 3.00. The molecule has 1 saturated carbocycles. The van der Waals surface area contributed by atoms with Crippen LogP contribution in [-0.2, 0) is 6.42 Å². The minimum absolute atomic E-state index is 0.290. The normalized spacial score (nSPS) is 23.8. The van der Waals surface area contributed by atoms with Gasteiger partial charge in [0.15, 0.2) is 0 Å². The Labute approximate surface area is 131 Å². The van der Waals surface area contributed by atoms with Gasteiger partial charge < -0.3 is 9.73 Å². The SMILES string of the molecule is CCc1c(C(C)NC2CCC(SC)C2)oc2ccccc12. The number of fused-ring (bicyclic) bond motifs is 1. The van der Waals surface area contributed by atoms with Crippen LogP contribution in [0.2, 0.25) is 0 Å². The molecule has 3 rings (SSSR count). The van der Waals surface area contributed by atoms with Gasteiger partial charge in [-0.2, -0.15) is 11.8 Å².